The Labute approximate surface area is 135 Å². The summed E-state index contributed by atoms with van der Waals surface area (Å²) in [6, 6.07) is 7.38. The molecule has 0 aliphatic heterocycles. The SMILES string of the molecule is Cc1cc(Br)ccc1SCC(=O)OCc1nccc[n+]1[O-]. The van der Waals surface area contributed by atoms with Crippen molar-refractivity contribution in [2.24, 2.45) is 0 Å². The number of halogens is 1. The first-order valence-electron chi connectivity index (χ1n) is 6.14. The number of rotatable bonds is 5. The highest BCUT2D eigenvalue weighted by Crippen LogP contribution is 2.25. The van der Waals surface area contributed by atoms with Crippen molar-refractivity contribution in [1.29, 1.82) is 0 Å². The molecule has 0 unspecified atom stereocenters. The van der Waals surface area contributed by atoms with E-state index >= 15 is 0 Å². The fraction of sp³-hybridized carbons (Fsp3) is 0.214. The molecule has 21 heavy (non-hydrogen) atoms. The van der Waals surface area contributed by atoms with Crippen molar-refractivity contribution >= 4 is 33.7 Å². The fourth-order valence-electron chi connectivity index (χ4n) is 1.59. The molecule has 1 aromatic heterocycles. The van der Waals surface area contributed by atoms with Gasteiger partial charge in [0, 0.05) is 15.4 Å². The molecule has 110 valence electrons. The third-order valence-corrected chi connectivity index (χ3v) is 4.27. The number of aromatic nitrogens is 2. The zero-order chi connectivity index (χ0) is 15.2. The molecule has 1 aromatic carbocycles. The standard InChI is InChI=1S/C14H13BrN2O3S/c1-10-7-11(15)3-4-12(10)21-9-14(18)20-8-13-16-5-2-6-17(13)19/h2-7H,8-9H2,1H3. The number of aryl methyl sites for hydroxylation is 1. The topological polar surface area (TPSA) is 66.1 Å². The normalized spacial score (nSPS) is 10.4. The largest absolute Gasteiger partial charge is 0.711 e. The van der Waals surface area contributed by atoms with Crippen LogP contribution in [0.4, 0.5) is 0 Å². The predicted molar refractivity (Wildman–Crippen MR) is 82.6 cm³/mol. The first-order valence-corrected chi connectivity index (χ1v) is 7.92. The van der Waals surface area contributed by atoms with Crippen molar-refractivity contribution in [2.45, 2.75) is 18.4 Å². The van der Waals surface area contributed by atoms with Crippen LogP contribution >= 0.6 is 27.7 Å². The maximum absolute atomic E-state index is 11.7. The fourth-order valence-corrected chi connectivity index (χ4v) is 2.87. The van der Waals surface area contributed by atoms with Gasteiger partial charge >= 0.3 is 11.8 Å². The van der Waals surface area contributed by atoms with E-state index in [1.165, 1.54) is 30.2 Å². The van der Waals surface area contributed by atoms with Gasteiger partial charge in [0.1, 0.15) is 6.20 Å². The Morgan fingerprint density at radius 2 is 2.33 bits per heavy atom. The Morgan fingerprint density at radius 1 is 1.52 bits per heavy atom. The summed E-state index contributed by atoms with van der Waals surface area (Å²) in [5.41, 5.74) is 1.09. The molecular weight excluding hydrogens is 356 g/mol. The first kappa shape index (κ1) is 15.8. The summed E-state index contributed by atoms with van der Waals surface area (Å²) in [4.78, 5) is 16.6. The Morgan fingerprint density at radius 3 is 3.05 bits per heavy atom. The van der Waals surface area contributed by atoms with E-state index in [0.29, 0.717) is 4.73 Å². The van der Waals surface area contributed by atoms with Gasteiger partial charge in [0.05, 0.1) is 11.9 Å². The van der Waals surface area contributed by atoms with E-state index in [4.69, 9.17) is 4.74 Å². The van der Waals surface area contributed by atoms with Crippen LogP contribution in [0.3, 0.4) is 0 Å². The highest BCUT2D eigenvalue weighted by molar-refractivity contribution is 9.10. The highest BCUT2D eigenvalue weighted by atomic mass is 79.9. The number of nitrogens with zero attached hydrogens (tertiary/aromatic N) is 2. The molecule has 0 spiro atoms. The number of esters is 1. The van der Waals surface area contributed by atoms with Gasteiger partial charge in [0.15, 0.2) is 6.61 Å². The lowest BCUT2D eigenvalue weighted by Crippen LogP contribution is -2.33. The molecular formula is C14H13BrN2O3S. The summed E-state index contributed by atoms with van der Waals surface area (Å²) in [5.74, 6) is -0.0302. The lowest BCUT2D eigenvalue weighted by atomic mass is 10.2. The minimum atomic E-state index is -0.382. The molecule has 1 heterocycles. The third-order valence-electron chi connectivity index (χ3n) is 2.63. The lowest BCUT2D eigenvalue weighted by molar-refractivity contribution is -0.620. The van der Waals surface area contributed by atoms with Gasteiger partial charge in [-0.25, -0.2) is 4.73 Å². The van der Waals surface area contributed by atoms with Crippen LogP contribution in [-0.2, 0) is 16.1 Å². The minimum absolute atomic E-state index is 0.122. The zero-order valence-corrected chi connectivity index (χ0v) is 13.7. The quantitative estimate of drug-likeness (QED) is 0.351. The maximum atomic E-state index is 11.7. The van der Waals surface area contributed by atoms with E-state index in [2.05, 4.69) is 20.9 Å². The highest BCUT2D eigenvalue weighted by Gasteiger charge is 2.11. The molecule has 0 N–H and O–H groups in total. The van der Waals surface area contributed by atoms with Crippen molar-refractivity contribution in [2.75, 3.05) is 5.75 Å². The molecule has 0 atom stereocenters. The van der Waals surface area contributed by atoms with Gasteiger partial charge in [-0.1, -0.05) is 15.9 Å². The molecule has 0 amide bonds. The Hall–Kier alpha value is -1.60. The van der Waals surface area contributed by atoms with Crippen LogP contribution in [0.2, 0.25) is 0 Å². The summed E-state index contributed by atoms with van der Waals surface area (Å²) >= 11 is 4.80. The monoisotopic (exact) mass is 368 g/mol. The van der Waals surface area contributed by atoms with Crippen LogP contribution in [0.1, 0.15) is 11.4 Å². The van der Waals surface area contributed by atoms with Gasteiger partial charge in [-0.15, -0.1) is 11.8 Å². The average Bonchev–Trinajstić information content (AvgIpc) is 2.45. The summed E-state index contributed by atoms with van der Waals surface area (Å²) in [6.45, 7) is 1.86. The van der Waals surface area contributed by atoms with Gasteiger partial charge in [0.25, 0.3) is 0 Å². The van der Waals surface area contributed by atoms with Crippen LogP contribution in [-0.4, -0.2) is 16.7 Å². The van der Waals surface area contributed by atoms with Gasteiger partial charge < -0.3 is 9.94 Å². The van der Waals surface area contributed by atoms with Gasteiger partial charge in [-0.2, -0.15) is 0 Å². The molecule has 5 nitrogen and oxygen atoms in total. The minimum Gasteiger partial charge on any atom is -0.711 e. The molecule has 0 aliphatic rings. The van der Waals surface area contributed by atoms with Crippen LogP contribution < -0.4 is 4.73 Å². The predicted octanol–water partition coefficient (Wildman–Crippen LogP) is 2.62. The second kappa shape index (κ2) is 7.42. The number of thioether (sulfide) groups is 1. The smallest absolute Gasteiger partial charge is 0.339 e. The number of hydrogen-bond donors (Lipinski definition) is 0. The summed E-state index contributed by atoms with van der Waals surface area (Å²) in [7, 11) is 0. The van der Waals surface area contributed by atoms with Crippen LogP contribution in [0.25, 0.3) is 0 Å². The van der Waals surface area contributed by atoms with E-state index in [-0.39, 0.29) is 24.2 Å². The maximum Gasteiger partial charge on any atom is 0.339 e. The molecule has 2 rings (SSSR count). The molecule has 0 radical (unpaired) electrons. The number of carbonyl (C=O) groups excluding carboxylic acids is 1. The molecule has 0 aliphatic carbocycles. The van der Waals surface area contributed by atoms with E-state index < -0.39 is 0 Å². The third kappa shape index (κ3) is 4.71. The Balaban J connectivity index is 1.84. The number of carbonyl (C=O) groups is 1. The van der Waals surface area contributed by atoms with Gasteiger partial charge in [0.2, 0.25) is 0 Å². The zero-order valence-electron chi connectivity index (χ0n) is 11.3. The Bertz CT molecular complexity index is 652. The second-order valence-corrected chi connectivity index (χ2v) is 6.15. The molecule has 2 aromatic rings. The number of ether oxygens (including phenoxy) is 1. The summed E-state index contributed by atoms with van der Waals surface area (Å²) < 4.78 is 6.63. The molecule has 0 saturated heterocycles. The van der Waals surface area contributed by atoms with Gasteiger partial charge in [-0.05, 0) is 35.7 Å². The van der Waals surface area contributed by atoms with Gasteiger partial charge in [-0.3, -0.25) is 4.79 Å². The van der Waals surface area contributed by atoms with Crippen LogP contribution in [0.5, 0.6) is 0 Å². The molecule has 0 fully saturated rings. The number of benzene rings is 1. The van der Waals surface area contributed by atoms with E-state index in [9.17, 15) is 10.0 Å². The molecule has 0 saturated carbocycles. The molecule has 7 heteroatoms. The average molecular weight is 369 g/mol. The van der Waals surface area contributed by atoms with Crippen molar-refractivity contribution in [3.05, 3.63) is 57.7 Å². The van der Waals surface area contributed by atoms with E-state index in [0.717, 1.165) is 14.9 Å². The van der Waals surface area contributed by atoms with Crippen molar-refractivity contribution in [3.63, 3.8) is 0 Å². The number of hydrogen-bond acceptors (Lipinski definition) is 5. The summed E-state index contributed by atoms with van der Waals surface area (Å²) in [5, 5.41) is 11.3. The first-order chi connectivity index (χ1) is 10.1. The van der Waals surface area contributed by atoms with E-state index in [1.54, 1.807) is 0 Å². The van der Waals surface area contributed by atoms with E-state index in [1.807, 2.05) is 25.1 Å². The Kier molecular flexibility index (Phi) is 5.58. The van der Waals surface area contributed by atoms with Crippen molar-refractivity contribution < 1.29 is 14.3 Å². The summed E-state index contributed by atoms with van der Waals surface area (Å²) in [6.07, 6.45) is 2.80. The molecule has 0 bridgehead atoms. The second-order valence-electron chi connectivity index (χ2n) is 4.22. The van der Waals surface area contributed by atoms with Crippen LogP contribution in [0.15, 0.2) is 46.0 Å². The van der Waals surface area contributed by atoms with Crippen LogP contribution in [0, 0.1) is 12.1 Å². The lowest BCUT2D eigenvalue weighted by Gasteiger charge is -2.07. The van der Waals surface area contributed by atoms with Crippen molar-refractivity contribution in [3.8, 4) is 0 Å². The van der Waals surface area contributed by atoms with Crippen molar-refractivity contribution in [1.82, 2.24) is 4.98 Å².